The summed E-state index contributed by atoms with van der Waals surface area (Å²) in [6.07, 6.45) is 2.69. The van der Waals surface area contributed by atoms with Gasteiger partial charge < -0.3 is 9.63 Å². The first kappa shape index (κ1) is 14.1. The zero-order chi connectivity index (χ0) is 15.0. The molecule has 2 unspecified atom stereocenters. The first-order valence-corrected chi connectivity index (χ1v) is 6.73. The summed E-state index contributed by atoms with van der Waals surface area (Å²) in [5, 5.41) is 13.6. The average molecular weight is 298 g/mol. The molecule has 0 radical (unpaired) electrons. The monoisotopic (exact) mass is 298 g/mol. The van der Waals surface area contributed by atoms with Crippen LogP contribution in [0.4, 0.5) is 13.2 Å². The van der Waals surface area contributed by atoms with Gasteiger partial charge in [0.2, 0.25) is 11.7 Å². The molecule has 1 fully saturated rings. The van der Waals surface area contributed by atoms with Crippen LogP contribution in [0.5, 0.6) is 0 Å². The number of hydrogen-bond acceptors (Lipinski definition) is 4. The number of aliphatic hydroxyl groups is 1. The van der Waals surface area contributed by atoms with Crippen LogP contribution in [0.25, 0.3) is 11.4 Å². The van der Waals surface area contributed by atoms with Crippen molar-refractivity contribution in [1.29, 1.82) is 0 Å². The molecular formula is C14H13F3N2O2. The lowest BCUT2D eigenvalue weighted by atomic mass is 9.86. The molecule has 0 saturated heterocycles. The van der Waals surface area contributed by atoms with E-state index in [2.05, 4.69) is 10.1 Å². The van der Waals surface area contributed by atoms with E-state index in [1.54, 1.807) is 0 Å². The van der Waals surface area contributed by atoms with Gasteiger partial charge in [-0.15, -0.1) is 0 Å². The highest BCUT2D eigenvalue weighted by Crippen LogP contribution is 2.33. The SMILES string of the molecule is OC1CCCCC1c1nc(-c2cc(F)c(F)c(F)c2)no1. The Hall–Kier alpha value is -1.89. The van der Waals surface area contributed by atoms with Crippen LogP contribution < -0.4 is 0 Å². The fourth-order valence-corrected chi connectivity index (χ4v) is 2.59. The van der Waals surface area contributed by atoms with Crippen LogP contribution in [-0.4, -0.2) is 21.4 Å². The number of rotatable bonds is 2. The molecule has 1 heterocycles. The third-order valence-electron chi connectivity index (χ3n) is 3.73. The molecule has 0 amide bonds. The fraction of sp³-hybridized carbons (Fsp3) is 0.429. The van der Waals surface area contributed by atoms with Crippen molar-refractivity contribution in [3.8, 4) is 11.4 Å². The molecule has 2 atom stereocenters. The maximum absolute atomic E-state index is 13.2. The van der Waals surface area contributed by atoms with E-state index in [0.717, 1.165) is 31.4 Å². The summed E-state index contributed by atoms with van der Waals surface area (Å²) < 4.78 is 44.4. The van der Waals surface area contributed by atoms with Gasteiger partial charge in [0, 0.05) is 5.56 Å². The molecule has 1 aliphatic rings. The van der Waals surface area contributed by atoms with Crippen molar-refractivity contribution in [3.05, 3.63) is 35.5 Å². The average Bonchev–Trinajstić information content (AvgIpc) is 2.94. The molecule has 0 spiro atoms. The predicted octanol–water partition coefficient (Wildman–Crippen LogP) is 3.17. The van der Waals surface area contributed by atoms with E-state index in [9.17, 15) is 18.3 Å². The Balaban J connectivity index is 1.91. The number of benzene rings is 1. The van der Waals surface area contributed by atoms with Crippen molar-refractivity contribution in [1.82, 2.24) is 10.1 Å². The van der Waals surface area contributed by atoms with Gasteiger partial charge in [-0.2, -0.15) is 4.98 Å². The van der Waals surface area contributed by atoms with E-state index in [1.165, 1.54) is 0 Å². The topological polar surface area (TPSA) is 59.2 Å². The van der Waals surface area contributed by atoms with Crippen molar-refractivity contribution in [3.63, 3.8) is 0 Å². The van der Waals surface area contributed by atoms with Crippen LogP contribution in [0.1, 0.15) is 37.5 Å². The van der Waals surface area contributed by atoms with E-state index in [-0.39, 0.29) is 23.2 Å². The number of aliphatic hydroxyl groups excluding tert-OH is 1. The molecule has 4 nitrogen and oxygen atoms in total. The van der Waals surface area contributed by atoms with Gasteiger partial charge in [0.05, 0.1) is 12.0 Å². The highest BCUT2D eigenvalue weighted by Gasteiger charge is 2.29. The highest BCUT2D eigenvalue weighted by atomic mass is 19.2. The van der Waals surface area contributed by atoms with E-state index in [0.29, 0.717) is 6.42 Å². The second kappa shape index (κ2) is 5.48. The molecule has 1 saturated carbocycles. The van der Waals surface area contributed by atoms with Gasteiger partial charge in [-0.05, 0) is 25.0 Å². The molecule has 1 aliphatic carbocycles. The highest BCUT2D eigenvalue weighted by molar-refractivity contribution is 5.54. The lowest BCUT2D eigenvalue weighted by Gasteiger charge is -2.24. The van der Waals surface area contributed by atoms with Crippen LogP contribution >= 0.6 is 0 Å². The number of hydrogen-bond donors (Lipinski definition) is 1. The second-order valence-corrected chi connectivity index (χ2v) is 5.17. The maximum atomic E-state index is 13.2. The summed E-state index contributed by atoms with van der Waals surface area (Å²) in [6.45, 7) is 0. The number of halogens is 3. The molecule has 1 N–H and O–H groups in total. The Bertz CT molecular complexity index is 636. The smallest absolute Gasteiger partial charge is 0.232 e. The van der Waals surface area contributed by atoms with Crippen molar-refractivity contribution < 1.29 is 22.8 Å². The van der Waals surface area contributed by atoms with Crippen LogP contribution in [0.15, 0.2) is 16.7 Å². The second-order valence-electron chi connectivity index (χ2n) is 5.17. The summed E-state index contributed by atoms with van der Waals surface area (Å²) in [5.41, 5.74) is -0.00769. The Labute approximate surface area is 118 Å². The molecule has 0 aliphatic heterocycles. The lowest BCUT2D eigenvalue weighted by molar-refractivity contribution is 0.0908. The van der Waals surface area contributed by atoms with Gasteiger partial charge in [0.1, 0.15) is 0 Å². The standard InChI is InChI=1S/C14H13F3N2O2/c15-9-5-7(6-10(16)12(9)17)13-18-14(21-19-13)8-3-1-2-4-11(8)20/h5-6,8,11,20H,1-4H2. The van der Waals surface area contributed by atoms with Crippen molar-refractivity contribution >= 4 is 0 Å². The minimum absolute atomic E-state index is 0.00769. The zero-order valence-electron chi connectivity index (χ0n) is 11.0. The minimum atomic E-state index is -1.54. The molecule has 112 valence electrons. The molecule has 1 aromatic heterocycles. The molecule has 2 aromatic rings. The Morgan fingerprint density at radius 3 is 2.43 bits per heavy atom. The number of nitrogens with zero attached hydrogens (tertiary/aromatic N) is 2. The summed E-state index contributed by atoms with van der Waals surface area (Å²) in [5.74, 6) is -4.22. The molecule has 3 rings (SSSR count). The van der Waals surface area contributed by atoms with Crippen LogP contribution in [0.2, 0.25) is 0 Å². The third kappa shape index (κ3) is 2.65. The van der Waals surface area contributed by atoms with Gasteiger partial charge >= 0.3 is 0 Å². The summed E-state index contributed by atoms with van der Waals surface area (Å²) in [6, 6.07) is 1.62. The Morgan fingerprint density at radius 2 is 1.76 bits per heavy atom. The van der Waals surface area contributed by atoms with E-state index in [4.69, 9.17) is 4.52 Å². The molecular weight excluding hydrogens is 285 g/mol. The zero-order valence-corrected chi connectivity index (χ0v) is 11.0. The third-order valence-corrected chi connectivity index (χ3v) is 3.73. The summed E-state index contributed by atoms with van der Waals surface area (Å²) in [7, 11) is 0. The molecule has 1 aromatic carbocycles. The maximum Gasteiger partial charge on any atom is 0.232 e. The van der Waals surface area contributed by atoms with Crippen LogP contribution in [0, 0.1) is 17.5 Å². The Morgan fingerprint density at radius 1 is 1.10 bits per heavy atom. The minimum Gasteiger partial charge on any atom is -0.392 e. The summed E-state index contributed by atoms with van der Waals surface area (Å²) >= 11 is 0. The first-order valence-electron chi connectivity index (χ1n) is 6.73. The van der Waals surface area contributed by atoms with Crippen molar-refractivity contribution in [2.45, 2.75) is 37.7 Å². The van der Waals surface area contributed by atoms with Crippen molar-refractivity contribution in [2.75, 3.05) is 0 Å². The quantitative estimate of drug-likeness (QED) is 0.865. The van der Waals surface area contributed by atoms with Crippen molar-refractivity contribution in [2.24, 2.45) is 0 Å². The van der Waals surface area contributed by atoms with Gasteiger partial charge in [-0.1, -0.05) is 18.0 Å². The summed E-state index contributed by atoms with van der Waals surface area (Å²) in [4.78, 5) is 4.07. The van der Waals surface area contributed by atoms with E-state index in [1.807, 2.05) is 0 Å². The normalized spacial score (nSPS) is 22.5. The van der Waals surface area contributed by atoms with Crippen LogP contribution in [0.3, 0.4) is 0 Å². The van der Waals surface area contributed by atoms with Crippen LogP contribution in [-0.2, 0) is 0 Å². The van der Waals surface area contributed by atoms with Gasteiger partial charge in [0.15, 0.2) is 17.5 Å². The lowest BCUT2D eigenvalue weighted by Crippen LogP contribution is -2.22. The Kier molecular flexibility index (Phi) is 3.67. The van der Waals surface area contributed by atoms with Gasteiger partial charge in [0.25, 0.3) is 0 Å². The van der Waals surface area contributed by atoms with E-state index < -0.39 is 23.6 Å². The van der Waals surface area contributed by atoms with E-state index >= 15 is 0 Å². The molecule has 0 bridgehead atoms. The first-order chi connectivity index (χ1) is 10.1. The largest absolute Gasteiger partial charge is 0.392 e. The van der Waals surface area contributed by atoms with Gasteiger partial charge in [-0.3, -0.25) is 0 Å². The predicted molar refractivity (Wildman–Crippen MR) is 66.8 cm³/mol. The number of aromatic nitrogens is 2. The van der Waals surface area contributed by atoms with Gasteiger partial charge in [-0.25, -0.2) is 13.2 Å². The molecule has 21 heavy (non-hydrogen) atoms. The molecule has 7 heteroatoms. The fourth-order valence-electron chi connectivity index (χ4n) is 2.59.